The summed E-state index contributed by atoms with van der Waals surface area (Å²) < 4.78 is 5.68. The summed E-state index contributed by atoms with van der Waals surface area (Å²) in [6.07, 6.45) is 2.34. The van der Waals surface area contributed by atoms with Crippen molar-refractivity contribution >= 4 is 22.8 Å². The molecule has 4 N–H and O–H groups in total. The van der Waals surface area contributed by atoms with Gasteiger partial charge in [-0.3, -0.25) is 14.6 Å². The van der Waals surface area contributed by atoms with Gasteiger partial charge in [0, 0.05) is 23.7 Å². The Hall–Kier alpha value is -3.19. The summed E-state index contributed by atoms with van der Waals surface area (Å²) in [5, 5.41) is 12.6. The quantitative estimate of drug-likeness (QED) is 0.613. The molecule has 3 rings (SSSR count). The molecule has 0 aliphatic rings. The average Bonchev–Trinajstić information content (AvgIpc) is 2.97. The molecule has 140 valence electrons. The van der Waals surface area contributed by atoms with E-state index in [-0.39, 0.29) is 0 Å². The number of furan rings is 1. The molecule has 27 heavy (non-hydrogen) atoms. The van der Waals surface area contributed by atoms with Crippen molar-refractivity contribution < 1.29 is 19.1 Å². The number of aromatic nitrogens is 1. The maximum atomic E-state index is 12.8. The number of hydrogen-bond acceptors (Lipinski definition) is 5. The first kappa shape index (κ1) is 18.6. The van der Waals surface area contributed by atoms with Gasteiger partial charge in [-0.05, 0) is 43.7 Å². The Bertz CT molecular complexity index is 997. The highest BCUT2D eigenvalue weighted by molar-refractivity contribution is 6.09. The molecule has 0 aliphatic heterocycles. The standard InChI is InChI=1S/C20H21N3O4/c1-12-17(18(25)23-20(2,11-24)19(21)26)15-10-13(6-7-16(15)27-12)9-14-5-3-4-8-22-14/h3-8,10,24H,9,11H2,1-2H3,(H2,21,26)(H,23,25)/t20-/m0/s1. The van der Waals surface area contributed by atoms with Gasteiger partial charge in [-0.25, -0.2) is 0 Å². The Labute approximate surface area is 156 Å². The van der Waals surface area contributed by atoms with Crippen molar-refractivity contribution in [3.8, 4) is 0 Å². The van der Waals surface area contributed by atoms with Crippen molar-refractivity contribution in [1.82, 2.24) is 10.3 Å². The Kier molecular flexibility index (Phi) is 4.96. The largest absolute Gasteiger partial charge is 0.461 e. The topological polar surface area (TPSA) is 118 Å². The number of amides is 2. The van der Waals surface area contributed by atoms with E-state index in [0.717, 1.165) is 11.3 Å². The van der Waals surface area contributed by atoms with Gasteiger partial charge in [0.15, 0.2) is 0 Å². The van der Waals surface area contributed by atoms with Crippen molar-refractivity contribution in [2.75, 3.05) is 6.61 Å². The zero-order valence-electron chi connectivity index (χ0n) is 15.2. The highest BCUT2D eigenvalue weighted by Gasteiger charge is 2.34. The summed E-state index contributed by atoms with van der Waals surface area (Å²) >= 11 is 0. The number of carbonyl (C=O) groups excluding carboxylic acids is 2. The lowest BCUT2D eigenvalue weighted by Gasteiger charge is -2.24. The number of nitrogens with zero attached hydrogens (tertiary/aromatic N) is 1. The fourth-order valence-corrected chi connectivity index (χ4v) is 2.86. The maximum Gasteiger partial charge on any atom is 0.256 e. The lowest BCUT2D eigenvalue weighted by molar-refractivity contribution is -0.124. The lowest BCUT2D eigenvalue weighted by Crippen LogP contribution is -2.57. The second-order valence-corrected chi connectivity index (χ2v) is 6.67. The summed E-state index contributed by atoms with van der Waals surface area (Å²) in [6.45, 7) is 2.44. The molecule has 2 aromatic heterocycles. The second-order valence-electron chi connectivity index (χ2n) is 6.67. The molecule has 0 radical (unpaired) electrons. The van der Waals surface area contributed by atoms with Crippen LogP contribution in [0.1, 0.15) is 34.3 Å². The minimum absolute atomic E-state index is 0.314. The van der Waals surface area contributed by atoms with Gasteiger partial charge in [0.25, 0.3) is 5.91 Å². The monoisotopic (exact) mass is 367 g/mol. The van der Waals surface area contributed by atoms with E-state index in [2.05, 4.69) is 10.3 Å². The third kappa shape index (κ3) is 3.68. The minimum atomic E-state index is -1.56. The van der Waals surface area contributed by atoms with Crippen LogP contribution in [-0.4, -0.2) is 34.1 Å². The molecule has 0 unspecified atom stereocenters. The first-order chi connectivity index (χ1) is 12.8. The summed E-state index contributed by atoms with van der Waals surface area (Å²) in [4.78, 5) is 28.7. The summed E-state index contributed by atoms with van der Waals surface area (Å²) in [5.41, 5.74) is 6.49. The van der Waals surface area contributed by atoms with Gasteiger partial charge in [0.2, 0.25) is 5.91 Å². The smallest absolute Gasteiger partial charge is 0.256 e. The van der Waals surface area contributed by atoms with Crippen LogP contribution in [0.5, 0.6) is 0 Å². The molecular weight excluding hydrogens is 346 g/mol. The van der Waals surface area contributed by atoms with Gasteiger partial charge in [0.05, 0.1) is 12.2 Å². The van der Waals surface area contributed by atoms with Crippen LogP contribution < -0.4 is 11.1 Å². The number of nitrogens with one attached hydrogen (secondary N) is 1. The molecule has 2 heterocycles. The third-order valence-electron chi connectivity index (χ3n) is 4.52. The van der Waals surface area contributed by atoms with Crippen LogP contribution >= 0.6 is 0 Å². The number of carbonyl (C=O) groups is 2. The van der Waals surface area contributed by atoms with Gasteiger partial charge < -0.3 is 20.6 Å². The molecule has 1 aromatic carbocycles. The molecule has 1 atom stereocenters. The van der Waals surface area contributed by atoms with Crippen LogP contribution in [-0.2, 0) is 11.2 Å². The Balaban J connectivity index is 1.97. The normalized spacial score (nSPS) is 13.3. The lowest BCUT2D eigenvalue weighted by atomic mass is 10.0. The zero-order chi connectivity index (χ0) is 19.6. The van der Waals surface area contributed by atoms with Crippen LogP contribution in [0, 0.1) is 6.92 Å². The van der Waals surface area contributed by atoms with Crippen LogP contribution in [0.4, 0.5) is 0 Å². The van der Waals surface area contributed by atoms with Crippen molar-refractivity contribution in [2.24, 2.45) is 5.73 Å². The number of primary amides is 1. The van der Waals surface area contributed by atoms with Crippen LogP contribution in [0.3, 0.4) is 0 Å². The fraction of sp³-hybridized carbons (Fsp3) is 0.250. The van der Waals surface area contributed by atoms with Gasteiger partial charge in [-0.1, -0.05) is 12.1 Å². The molecule has 3 aromatic rings. The first-order valence-electron chi connectivity index (χ1n) is 8.49. The molecule has 7 nitrogen and oxygen atoms in total. The fourth-order valence-electron chi connectivity index (χ4n) is 2.86. The summed E-state index contributed by atoms with van der Waals surface area (Å²) in [7, 11) is 0. The molecular formula is C20H21N3O4. The Morgan fingerprint density at radius 2 is 2.07 bits per heavy atom. The molecule has 0 bridgehead atoms. The van der Waals surface area contributed by atoms with Crippen molar-refractivity contribution in [3.63, 3.8) is 0 Å². The molecule has 2 amide bonds. The molecule has 0 aliphatic carbocycles. The van der Waals surface area contributed by atoms with Crippen molar-refractivity contribution in [2.45, 2.75) is 25.8 Å². The van der Waals surface area contributed by atoms with Gasteiger partial charge >= 0.3 is 0 Å². The van der Waals surface area contributed by atoms with Crippen LogP contribution in [0.25, 0.3) is 11.0 Å². The number of hydrogen-bond donors (Lipinski definition) is 3. The predicted octanol–water partition coefficient (Wildman–Crippen LogP) is 1.69. The molecule has 0 saturated heterocycles. The number of aliphatic hydroxyl groups is 1. The Morgan fingerprint density at radius 3 is 2.70 bits per heavy atom. The maximum absolute atomic E-state index is 12.8. The molecule has 0 fully saturated rings. The first-order valence-corrected chi connectivity index (χ1v) is 8.49. The highest BCUT2D eigenvalue weighted by Crippen LogP contribution is 2.27. The van der Waals surface area contributed by atoms with Crippen molar-refractivity contribution in [1.29, 1.82) is 0 Å². The second kappa shape index (κ2) is 7.20. The molecule has 0 saturated carbocycles. The number of pyridine rings is 1. The van der Waals surface area contributed by atoms with E-state index in [9.17, 15) is 14.7 Å². The number of benzene rings is 1. The van der Waals surface area contributed by atoms with E-state index >= 15 is 0 Å². The Morgan fingerprint density at radius 1 is 1.30 bits per heavy atom. The van der Waals surface area contributed by atoms with E-state index < -0.39 is 24.0 Å². The molecule has 0 spiro atoms. The van der Waals surface area contributed by atoms with Gasteiger partial charge in [-0.15, -0.1) is 0 Å². The van der Waals surface area contributed by atoms with Gasteiger partial charge in [0.1, 0.15) is 16.9 Å². The number of fused-ring (bicyclic) bond motifs is 1. The number of rotatable bonds is 6. The average molecular weight is 367 g/mol. The van der Waals surface area contributed by atoms with E-state index in [1.165, 1.54) is 6.92 Å². The van der Waals surface area contributed by atoms with E-state index in [1.807, 2.05) is 30.3 Å². The van der Waals surface area contributed by atoms with E-state index in [4.69, 9.17) is 10.2 Å². The van der Waals surface area contributed by atoms with Crippen LogP contribution in [0.2, 0.25) is 0 Å². The van der Waals surface area contributed by atoms with Crippen molar-refractivity contribution in [3.05, 3.63) is 65.2 Å². The summed E-state index contributed by atoms with van der Waals surface area (Å²) in [6, 6.07) is 11.3. The zero-order valence-corrected chi connectivity index (χ0v) is 15.2. The third-order valence-corrected chi connectivity index (χ3v) is 4.52. The highest BCUT2D eigenvalue weighted by atomic mass is 16.3. The van der Waals surface area contributed by atoms with E-state index in [0.29, 0.717) is 28.7 Å². The number of aryl methyl sites for hydroxylation is 1. The predicted molar refractivity (Wildman–Crippen MR) is 100 cm³/mol. The van der Waals surface area contributed by atoms with Gasteiger partial charge in [-0.2, -0.15) is 0 Å². The number of nitrogens with two attached hydrogens (primary N) is 1. The van der Waals surface area contributed by atoms with Crippen LogP contribution in [0.15, 0.2) is 47.0 Å². The minimum Gasteiger partial charge on any atom is -0.461 e. The summed E-state index contributed by atoms with van der Waals surface area (Å²) in [5.74, 6) is -0.932. The SMILES string of the molecule is Cc1oc2ccc(Cc3ccccn3)cc2c1C(=O)N[C@@](C)(CO)C(N)=O. The van der Waals surface area contributed by atoms with E-state index in [1.54, 1.807) is 19.2 Å². The molecule has 7 heteroatoms. The number of aliphatic hydroxyl groups excluding tert-OH is 1.